The number of carbonyl (C=O) groups is 1. The molecule has 0 radical (unpaired) electrons. The molecule has 0 unspecified atom stereocenters. The van der Waals surface area contributed by atoms with E-state index in [1.54, 1.807) is 30.7 Å². The number of hydrogen-bond donors (Lipinski definition) is 1. The molecule has 1 aliphatic rings. The lowest BCUT2D eigenvalue weighted by atomic mass is 9.96. The predicted octanol–water partition coefficient (Wildman–Crippen LogP) is 2.01. The van der Waals surface area contributed by atoms with Crippen LogP contribution in [0, 0.1) is 5.92 Å². The molecule has 1 amide bonds. The van der Waals surface area contributed by atoms with Gasteiger partial charge in [-0.05, 0) is 25.5 Å². The summed E-state index contributed by atoms with van der Waals surface area (Å²) in [5.74, 6) is -0.208. The van der Waals surface area contributed by atoms with E-state index in [2.05, 4.69) is 15.4 Å². The molecular formula is C15H18N4O2. The third kappa shape index (κ3) is 2.95. The van der Waals surface area contributed by atoms with Crippen LogP contribution in [0.15, 0.2) is 36.9 Å². The van der Waals surface area contributed by atoms with Gasteiger partial charge in [-0.3, -0.25) is 14.5 Å². The Morgan fingerprint density at radius 3 is 3.00 bits per heavy atom. The number of hydrogen-bond acceptors (Lipinski definition) is 4. The monoisotopic (exact) mass is 286 g/mol. The first-order chi connectivity index (χ1) is 10.3. The molecule has 1 fully saturated rings. The number of nitrogens with one attached hydrogen (secondary N) is 1. The van der Waals surface area contributed by atoms with Crippen LogP contribution in [0.3, 0.4) is 0 Å². The minimum absolute atomic E-state index is 0.0204. The third-order valence-electron chi connectivity index (χ3n) is 3.68. The zero-order valence-corrected chi connectivity index (χ0v) is 11.9. The first kappa shape index (κ1) is 13.8. The molecule has 3 rings (SSSR count). The van der Waals surface area contributed by atoms with E-state index in [1.165, 1.54) is 0 Å². The Balaban J connectivity index is 1.73. The Kier molecular flexibility index (Phi) is 3.96. The predicted molar refractivity (Wildman–Crippen MR) is 77.6 cm³/mol. The smallest absolute Gasteiger partial charge is 0.230 e. The molecule has 0 spiro atoms. The second kappa shape index (κ2) is 6.05. The number of pyridine rings is 1. The standard InChI is InChI=1S/C15H18N4O2/c1-2-19-10-11(9-17-19)14-13(5-8-21-14)15(20)18-12-3-6-16-7-4-12/h3-4,6-7,9-10,13-14H,2,5,8H2,1H3,(H,16,18,20)/t13-,14+/m0/s1. The topological polar surface area (TPSA) is 69.0 Å². The van der Waals surface area contributed by atoms with Gasteiger partial charge in [0, 0.05) is 43.0 Å². The van der Waals surface area contributed by atoms with E-state index in [4.69, 9.17) is 4.74 Å². The van der Waals surface area contributed by atoms with Crippen LogP contribution in [0.2, 0.25) is 0 Å². The molecule has 3 heterocycles. The molecule has 0 aliphatic carbocycles. The first-order valence-corrected chi connectivity index (χ1v) is 7.12. The van der Waals surface area contributed by atoms with Gasteiger partial charge >= 0.3 is 0 Å². The number of amides is 1. The summed E-state index contributed by atoms with van der Waals surface area (Å²) < 4.78 is 7.58. The number of ether oxygens (including phenoxy) is 1. The highest BCUT2D eigenvalue weighted by Gasteiger charge is 2.36. The summed E-state index contributed by atoms with van der Waals surface area (Å²) in [6, 6.07) is 3.55. The molecule has 6 heteroatoms. The van der Waals surface area contributed by atoms with Crippen LogP contribution >= 0.6 is 0 Å². The van der Waals surface area contributed by atoms with Gasteiger partial charge in [-0.2, -0.15) is 5.10 Å². The van der Waals surface area contributed by atoms with E-state index in [0.717, 1.165) is 24.2 Å². The first-order valence-electron chi connectivity index (χ1n) is 7.12. The van der Waals surface area contributed by atoms with Crippen molar-refractivity contribution in [2.75, 3.05) is 11.9 Å². The molecule has 6 nitrogen and oxygen atoms in total. The van der Waals surface area contributed by atoms with Crippen LogP contribution in [0.1, 0.15) is 25.0 Å². The molecule has 2 atom stereocenters. The van der Waals surface area contributed by atoms with E-state index >= 15 is 0 Å². The lowest BCUT2D eigenvalue weighted by molar-refractivity contribution is -0.121. The maximum absolute atomic E-state index is 12.4. The second-order valence-electron chi connectivity index (χ2n) is 5.04. The zero-order valence-electron chi connectivity index (χ0n) is 11.9. The van der Waals surface area contributed by atoms with E-state index in [1.807, 2.05) is 17.8 Å². The van der Waals surface area contributed by atoms with Crippen LogP contribution < -0.4 is 5.32 Å². The molecule has 0 aromatic carbocycles. The van der Waals surface area contributed by atoms with Gasteiger partial charge in [0.2, 0.25) is 5.91 Å². The van der Waals surface area contributed by atoms with Crippen molar-refractivity contribution in [2.24, 2.45) is 5.92 Å². The van der Waals surface area contributed by atoms with Crippen LogP contribution in [-0.2, 0) is 16.1 Å². The summed E-state index contributed by atoms with van der Waals surface area (Å²) in [5.41, 5.74) is 1.72. The fraction of sp³-hybridized carbons (Fsp3) is 0.400. The summed E-state index contributed by atoms with van der Waals surface area (Å²) in [6.07, 6.45) is 7.55. The Hall–Kier alpha value is -2.21. The molecule has 2 aromatic heterocycles. The third-order valence-corrected chi connectivity index (χ3v) is 3.68. The molecule has 1 N–H and O–H groups in total. The van der Waals surface area contributed by atoms with Gasteiger partial charge < -0.3 is 10.1 Å². The highest BCUT2D eigenvalue weighted by atomic mass is 16.5. The van der Waals surface area contributed by atoms with E-state index < -0.39 is 0 Å². The number of carbonyl (C=O) groups excluding carboxylic acids is 1. The molecule has 1 aliphatic heterocycles. The van der Waals surface area contributed by atoms with Crippen LogP contribution in [0.4, 0.5) is 5.69 Å². The van der Waals surface area contributed by atoms with Gasteiger partial charge in [-0.15, -0.1) is 0 Å². The van der Waals surface area contributed by atoms with Crippen molar-refractivity contribution >= 4 is 11.6 Å². The van der Waals surface area contributed by atoms with Crippen molar-refractivity contribution in [1.82, 2.24) is 14.8 Å². The van der Waals surface area contributed by atoms with Gasteiger partial charge in [-0.1, -0.05) is 0 Å². The van der Waals surface area contributed by atoms with E-state index in [0.29, 0.717) is 6.61 Å². The molecule has 2 aromatic rings. The summed E-state index contributed by atoms with van der Waals surface area (Å²) in [6.45, 7) is 3.43. The number of aryl methyl sites for hydroxylation is 1. The van der Waals surface area contributed by atoms with Crippen molar-refractivity contribution in [3.63, 3.8) is 0 Å². The minimum atomic E-state index is -0.216. The minimum Gasteiger partial charge on any atom is -0.373 e. The molecular weight excluding hydrogens is 268 g/mol. The summed E-state index contributed by atoms with van der Waals surface area (Å²) in [7, 11) is 0. The molecule has 110 valence electrons. The molecule has 21 heavy (non-hydrogen) atoms. The normalized spacial score (nSPS) is 21.4. The van der Waals surface area contributed by atoms with E-state index in [-0.39, 0.29) is 17.9 Å². The van der Waals surface area contributed by atoms with Crippen LogP contribution in [0.25, 0.3) is 0 Å². The van der Waals surface area contributed by atoms with Crippen LogP contribution in [0.5, 0.6) is 0 Å². The fourth-order valence-electron chi connectivity index (χ4n) is 2.56. The van der Waals surface area contributed by atoms with Gasteiger partial charge in [0.05, 0.1) is 18.2 Å². The lowest BCUT2D eigenvalue weighted by Gasteiger charge is -2.16. The van der Waals surface area contributed by atoms with E-state index in [9.17, 15) is 4.79 Å². The average Bonchev–Trinajstić information content (AvgIpc) is 3.16. The molecule has 0 saturated carbocycles. The maximum atomic E-state index is 12.4. The van der Waals surface area contributed by atoms with Crippen molar-refractivity contribution < 1.29 is 9.53 Å². The summed E-state index contributed by atoms with van der Waals surface area (Å²) >= 11 is 0. The summed E-state index contributed by atoms with van der Waals surface area (Å²) in [4.78, 5) is 16.4. The SMILES string of the molecule is CCn1cc([C@H]2OCC[C@@H]2C(=O)Nc2ccncc2)cn1. The second-order valence-corrected chi connectivity index (χ2v) is 5.04. The number of aromatic nitrogens is 3. The molecule has 0 bridgehead atoms. The van der Waals surface area contributed by atoms with Gasteiger partial charge in [0.15, 0.2) is 0 Å². The quantitative estimate of drug-likeness (QED) is 0.933. The van der Waals surface area contributed by atoms with Crippen molar-refractivity contribution in [3.8, 4) is 0 Å². The summed E-state index contributed by atoms with van der Waals surface area (Å²) in [5, 5.41) is 7.17. The Morgan fingerprint density at radius 2 is 2.29 bits per heavy atom. The number of anilines is 1. The van der Waals surface area contributed by atoms with Gasteiger partial charge in [0.25, 0.3) is 0 Å². The zero-order chi connectivity index (χ0) is 14.7. The van der Waals surface area contributed by atoms with Crippen molar-refractivity contribution in [3.05, 3.63) is 42.5 Å². The highest BCUT2D eigenvalue weighted by Crippen LogP contribution is 2.35. The molecule has 1 saturated heterocycles. The maximum Gasteiger partial charge on any atom is 0.230 e. The number of rotatable bonds is 4. The average molecular weight is 286 g/mol. The Labute approximate surface area is 123 Å². The fourth-order valence-corrected chi connectivity index (χ4v) is 2.56. The largest absolute Gasteiger partial charge is 0.373 e. The Morgan fingerprint density at radius 1 is 1.48 bits per heavy atom. The lowest BCUT2D eigenvalue weighted by Crippen LogP contribution is -2.25. The van der Waals surface area contributed by atoms with Crippen LogP contribution in [-0.4, -0.2) is 27.3 Å². The van der Waals surface area contributed by atoms with Crippen molar-refractivity contribution in [2.45, 2.75) is 26.0 Å². The number of nitrogens with zero attached hydrogens (tertiary/aromatic N) is 3. The van der Waals surface area contributed by atoms with Gasteiger partial charge in [-0.25, -0.2) is 0 Å². The highest BCUT2D eigenvalue weighted by molar-refractivity contribution is 5.93. The Bertz CT molecular complexity index is 611. The van der Waals surface area contributed by atoms with Gasteiger partial charge in [0.1, 0.15) is 0 Å². The van der Waals surface area contributed by atoms with Crippen molar-refractivity contribution in [1.29, 1.82) is 0 Å².